The van der Waals surface area contributed by atoms with E-state index in [4.69, 9.17) is 40.1 Å². The fraction of sp³-hybridized carbons (Fsp3) is 0.444. The summed E-state index contributed by atoms with van der Waals surface area (Å²) in [4.78, 5) is 4.90. The maximum atomic E-state index is 9.12. The molecule has 0 atom stereocenters. The SMILES string of the molecule is CC(C)c1nc2sc(C(Cl)(Cl)Cl)nn2c1C#N. The minimum absolute atomic E-state index is 0.148. The Balaban J connectivity index is 2.67. The van der Waals surface area contributed by atoms with Gasteiger partial charge in [-0.05, 0) is 5.92 Å². The lowest BCUT2D eigenvalue weighted by molar-refractivity contribution is 0.818. The molecule has 2 rings (SSSR count). The molecule has 0 bridgehead atoms. The third kappa shape index (κ3) is 2.23. The number of nitrogens with zero attached hydrogens (tertiary/aromatic N) is 4. The van der Waals surface area contributed by atoms with Crippen molar-refractivity contribution >= 4 is 51.1 Å². The number of halogens is 3. The zero-order valence-electron chi connectivity index (χ0n) is 8.91. The molecule has 90 valence electrons. The Labute approximate surface area is 117 Å². The molecule has 0 aromatic carbocycles. The Bertz CT molecular complexity index is 602. The summed E-state index contributed by atoms with van der Waals surface area (Å²) in [6.07, 6.45) is 0. The van der Waals surface area contributed by atoms with Crippen molar-refractivity contribution in [2.75, 3.05) is 0 Å². The number of imidazole rings is 1. The number of fused-ring (bicyclic) bond motifs is 1. The highest BCUT2D eigenvalue weighted by Crippen LogP contribution is 2.40. The summed E-state index contributed by atoms with van der Waals surface area (Å²) in [6, 6.07) is 2.08. The predicted octanol–water partition coefficient (Wildman–Crippen LogP) is 3.61. The summed E-state index contributed by atoms with van der Waals surface area (Å²) in [6.45, 7) is 3.92. The van der Waals surface area contributed by atoms with Crippen molar-refractivity contribution in [2.45, 2.75) is 23.6 Å². The van der Waals surface area contributed by atoms with Crippen LogP contribution in [0.5, 0.6) is 0 Å². The molecule has 0 radical (unpaired) electrons. The van der Waals surface area contributed by atoms with E-state index in [2.05, 4.69) is 16.2 Å². The smallest absolute Gasteiger partial charge is 0.221 e. The van der Waals surface area contributed by atoms with Gasteiger partial charge in [0.15, 0.2) is 10.7 Å². The summed E-state index contributed by atoms with van der Waals surface area (Å²) >= 11 is 18.4. The van der Waals surface area contributed by atoms with Gasteiger partial charge in [-0.2, -0.15) is 14.9 Å². The van der Waals surface area contributed by atoms with Crippen molar-refractivity contribution in [3.05, 3.63) is 16.4 Å². The van der Waals surface area contributed by atoms with Crippen molar-refractivity contribution in [1.82, 2.24) is 14.6 Å². The van der Waals surface area contributed by atoms with E-state index in [1.165, 1.54) is 15.9 Å². The van der Waals surface area contributed by atoms with Gasteiger partial charge in [0, 0.05) is 0 Å². The molecule has 0 aliphatic carbocycles. The van der Waals surface area contributed by atoms with E-state index in [1.807, 2.05) is 13.8 Å². The van der Waals surface area contributed by atoms with Crippen LogP contribution < -0.4 is 0 Å². The Morgan fingerprint density at radius 3 is 2.53 bits per heavy atom. The molecule has 0 amide bonds. The number of hydrogen-bond donors (Lipinski definition) is 0. The molecule has 0 aliphatic rings. The first-order chi connectivity index (χ1) is 7.84. The Kier molecular flexibility index (Phi) is 3.25. The van der Waals surface area contributed by atoms with Crippen LogP contribution in [0.25, 0.3) is 4.96 Å². The zero-order chi connectivity index (χ0) is 12.8. The lowest BCUT2D eigenvalue weighted by atomic mass is 10.1. The van der Waals surface area contributed by atoms with Gasteiger partial charge in [-0.3, -0.25) is 0 Å². The summed E-state index contributed by atoms with van der Waals surface area (Å²) in [5.41, 5.74) is 1.11. The highest BCUT2D eigenvalue weighted by Gasteiger charge is 2.30. The topological polar surface area (TPSA) is 54.0 Å². The first-order valence-electron chi connectivity index (χ1n) is 4.71. The molecule has 2 heterocycles. The van der Waals surface area contributed by atoms with Crippen LogP contribution in [0.2, 0.25) is 0 Å². The lowest BCUT2D eigenvalue weighted by Crippen LogP contribution is -2.02. The van der Waals surface area contributed by atoms with Crippen molar-refractivity contribution in [1.29, 1.82) is 5.26 Å². The maximum Gasteiger partial charge on any atom is 0.243 e. The number of rotatable bonds is 1. The number of hydrogen-bond acceptors (Lipinski definition) is 4. The van der Waals surface area contributed by atoms with Gasteiger partial charge in [-0.25, -0.2) is 4.98 Å². The first-order valence-corrected chi connectivity index (χ1v) is 6.66. The maximum absolute atomic E-state index is 9.12. The summed E-state index contributed by atoms with van der Waals surface area (Å²) in [5, 5.41) is 13.5. The van der Waals surface area contributed by atoms with Gasteiger partial charge < -0.3 is 0 Å². The predicted molar refractivity (Wildman–Crippen MR) is 68.9 cm³/mol. The van der Waals surface area contributed by atoms with Crippen molar-refractivity contribution in [2.24, 2.45) is 0 Å². The third-order valence-electron chi connectivity index (χ3n) is 2.13. The first kappa shape index (κ1) is 12.9. The molecular formula is C9H7Cl3N4S. The normalized spacial score (nSPS) is 12.3. The zero-order valence-corrected chi connectivity index (χ0v) is 12.0. The summed E-state index contributed by atoms with van der Waals surface area (Å²) in [7, 11) is 0. The monoisotopic (exact) mass is 308 g/mol. The van der Waals surface area contributed by atoms with Gasteiger partial charge in [0.25, 0.3) is 0 Å². The van der Waals surface area contributed by atoms with Crippen LogP contribution in [0.3, 0.4) is 0 Å². The van der Waals surface area contributed by atoms with Gasteiger partial charge in [0.2, 0.25) is 8.75 Å². The van der Waals surface area contributed by atoms with Crippen LogP contribution in [0.1, 0.15) is 36.2 Å². The third-order valence-corrected chi connectivity index (χ3v) is 4.03. The summed E-state index contributed by atoms with van der Waals surface area (Å²) in [5.74, 6) is 0.148. The van der Waals surface area contributed by atoms with E-state index < -0.39 is 3.79 Å². The Morgan fingerprint density at radius 1 is 1.41 bits per heavy atom. The quantitative estimate of drug-likeness (QED) is 0.756. The minimum atomic E-state index is -1.59. The highest BCUT2D eigenvalue weighted by molar-refractivity contribution is 7.17. The summed E-state index contributed by atoms with van der Waals surface area (Å²) < 4.78 is -0.159. The molecule has 0 aliphatic heterocycles. The molecule has 0 spiro atoms. The number of aromatic nitrogens is 3. The van der Waals surface area contributed by atoms with Crippen LogP contribution in [-0.2, 0) is 3.79 Å². The Morgan fingerprint density at radius 2 is 2.06 bits per heavy atom. The highest BCUT2D eigenvalue weighted by atomic mass is 35.6. The standard InChI is InChI=1S/C9H7Cl3N4S/c1-4(2)6-5(3-13)16-8(14-6)17-7(15-16)9(10,11)12/h4H,1-2H3. The average molecular weight is 310 g/mol. The van der Waals surface area contributed by atoms with Gasteiger partial charge in [0.05, 0.1) is 5.69 Å². The van der Waals surface area contributed by atoms with E-state index in [1.54, 1.807) is 0 Å². The minimum Gasteiger partial charge on any atom is -0.221 e. The second-order valence-electron chi connectivity index (χ2n) is 3.71. The largest absolute Gasteiger partial charge is 0.243 e. The second-order valence-corrected chi connectivity index (χ2v) is 6.95. The van der Waals surface area contributed by atoms with Crippen molar-refractivity contribution in [3.63, 3.8) is 0 Å². The molecule has 2 aromatic rings. The van der Waals surface area contributed by atoms with Crippen LogP contribution in [0.4, 0.5) is 0 Å². The van der Waals surface area contributed by atoms with Gasteiger partial charge in [0.1, 0.15) is 6.07 Å². The molecule has 0 saturated carbocycles. The lowest BCUT2D eigenvalue weighted by Gasteiger charge is -2.04. The van der Waals surface area contributed by atoms with Crippen LogP contribution >= 0.6 is 46.1 Å². The number of nitriles is 1. The van der Waals surface area contributed by atoms with E-state index in [-0.39, 0.29) is 5.92 Å². The van der Waals surface area contributed by atoms with E-state index in [9.17, 15) is 0 Å². The molecule has 8 heteroatoms. The second kappa shape index (κ2) is 4.29. The molecule has 0 N–H and O–H groups in total. The molecule has 0 fully saturated rings. The molecule has 17 heavy (non-hydrogen) atoms. The molecule has 0 saturated heterocycles. The molecular weight excluding hydrogens is 303 g/mol. The fourth-order valence-corrected chi connectivity index (χ4v) is 2.62. The average Bonchev–Trinajstić information content (AvgIpc) is 2.71. The molecule has 2 aromatic heterocycles. The van der Waals surface area contributed by atoms with Crippen LogP contribution in [0.15, 0.2) is 0 Å². The van der Waals surface area contributed by atoms with Crippen LogP contribution in [0, 0.1) is 11.3 Å². The van der Waals surface area contributed by atoms with Gasteiger partial charge in [-0.15, -0.1) is 0 Å². The van der Waals surface area contributed by atoms with E-state index >= 15 is 0 Å². The van der Waals surface area contributed by atoms with Crippen molar-refractivity contribution in [3.8, 4) is 6.07 Å². The van der Waals surface area contributed by atoms with Crippen LogP contribution in [-0.4, -0.2) is 14.6 Å². The molecule has 4 nitrogen and oxygen atoms in total. The van der Waals surface area contributed by atoms with E-state index in [0.717, 1.165) is 0 Å². The molecule has 0 unspecified atom stereocenters. The number of alkyl halides is 3. The van der Waals surface area contributed by atoms with Crippen molar-refractivity contribution < 1.29 is 0 Å². The van der Waals surface area contributed by atoms with Gasteiger partial charge in [-0.1, -0.05) is 60.0 Å². The fourth-order valence-electron chi connectivity index (χ4n) is 1.39. The van der Waals surface area contributed by atoms with E-state index in [0.29, 0.717) is 21.4 Å². The Hall–Kier alpha value is -0.540. The van der Waals surface area contributed by atoms with Gasteiger partial charge >= 0.3 is 0 Å².